The van der Waals surface area contributed by atoms with Crippen molar-refractivity contribution >= 4 is 10.0 Å². The Hall–Kier alpha value is -0.850. The predicted molar refractivity (Wildman–Crippen MR) is 80.1 cm³/mol. The molecular weight excluding hydrogens is 274 g/mol. The van der Waals surface area contributed by atoms with Crippen molar-refractivity contribution in [1.29, 1.82) is 0 Å². The molecule has 0 bridgehead atoms. The first-order chi connectivity index (χ1) is 9.59. The minimum Gasteiger partial charge on any atom is -0.349 e. The number of aryl methyl sites for hydroxylation is 1. The highest BCUT2D eigenvalue weighted by molar-refractivity contribution is 7.89. The number of aromatic nitrogens is 1. The molecule has 0 aliphatic carbocycles. The average Bonchev–Trinajstić information content (AvgIpc) is 2.90. The first-order valence-electron chi connectivity index (χ1n) is 7.49. The van der Waals surface area contributed by atoms with Gasteiger partial charge in [0, 0.05) is 38.1 Å². The number of rotatable bonds is 6. The van der Waals surface area contributed by atoms with Gasteiger partial charge in [0.05, 0.1) is 0 Å². The van der Waals surface area contributed by atoms with E-state index >= 15 is 0 Å². The Morgan fingerprint density at radius 3 is 2.50 bits per heavy atom. The van der Waals surface area contributed by atoms with E-state index < -0.39 is 10.0 Å². The SMILES string of the molecule is CCNCc1cc(S(=O)(=O)N2CCCCC2)cn1CC. The van der Waals surface area contributed by atoms with Crippen LogP contribution in [0.2, 0.25) is 0 Å². The van der Waals surface area contributed by atoms with Crippen molar-refractivity contribution in [3.05, 3.63) is 18.0 Å². The van der Waals surface area contributed by atoms with Gasteiger partial charge in [-0.25, -0.2) is 8.42 Å². The Morgan fingerprint density at radius 1 is 1.20 bits per heavy atom. The summed E-state index contributed by atoms with van der Waals surface area (Å²) < 4.78 is 28.9. The molecule has 1 N–H and O–H groups in total. The summed E-state index contributed by atoms with van der Waals surface area (Å²) in [4.78, 5) is 0.439. The van der Waals surface area contributed by atoms with Crippen molar-refractivity contribution in [3.63, 3.8) is 0 Å². The van der Waals surface area contributed by atoms with Crippen molar-refractivity contribution in [2.24, 2.45) is 0 Å². The number of sulfonamides is 1. The second-order valence-electron chi connectivity index (χ2n) is 5.20. The van der Waals surface area contributed by atoms with Crippen LogP contribution in [-0.4, -0.2) is 36.9 Å². The van der Waals surface area contributed by atoms with E-state index in [2.05, 4.69) is 5.32 Å². The molecule has 0 saturated carbocycles. The van der Waals surface area contributed by atoms with Crippen LogP contribution in [0.4, 0.5) is 0 Å². The van der Waals surface area contributed by atoms with Crippen molar-refractivity contribution in [2.75, 3.05) is 19.6 Å². The van der Waals surface area contributed by atoms with E-state index in [9.17, 15) is 8.42 Å². The van der Waals surface area contributed by atoms with Crippen LogP contribution in [0.3, 0.4) is 0 Å². The summed E-state index contributed by atoms with van der Waals surface area (Å²) >= 11 is 0. The van der Waals surface area contributed by atoms with Crippen molar-refractivity contribution in [3.8, 4) is 0 Å². The largest absolute Gasteiger partial charge is 0.349 e. The quantitative estimate of drug-likeness (QED) is 0.871. The second kappa shape index (κ2) is 6.74. The third-order valence-electron chi connectivity index (χ3n) is 3.81. The zero-order chi connectivity index (χ0) is 14.6. The van der Waals surface area contributed by atoms with Gasteiger partial charge in [-0.15, -0.1) is 0 Å². The van der Waals surface area contributed by atoms with E-state index in [0.717, 1.165) is 38.0 Å². The molecule has 2 heterocycles. The summed E-state index contributed by atoms with van der Waals surface area (Å²) in [6.07, 6.45) is 4.85. The lowest BCUT2D eigenvalue weighted by Gasteiger charge is -2.25. The zero-order valence-corrected chi connectivity index (χ0v) is 13.2. The summed E-state index contributed by atoms with van der Waals surface area (Å²) in [5.41, 5.74) is 1.03. The summed E-state index contributed by atoms with van der Waals surface area (Å²) in [7, 11) is -3.31. The molecule has 0 spiro atoms. The Bertz CT molecular complexity index is 531. The highest BCUT2D eigenvalue weighted by Crippen LogP contribution is 2.22. The summed E-state index contributed by atoms with van der Waals surface area (Å²) in [5.74, 6) is 0. The molecule has 0 atom stereocenters. The van der Waals surface area contributed by atoms with Crippen LogP contribution in [0.25, 0.3) is 0 Å². The molecule has 1 aromatic heterocycles. The first kappa shape index (κ1) is 15.5. The Balaban J connectivity index is 2.24. The summed E-state index contributed by atoms with van der Waals surface area (Å²) in [6, 6.07) is 1.82. The molecule has 5 nitrogen and oxygen atoms in total. The van der Waals surface area contributed by atoms with E-state index in [4.69, 9.17) is 0 Å². The number of nitrogens with one attached hydrogen (secondary N) is 1. The van der Waals surface area contributed by atoms with Crippen LogP contribution >= 0.6 is 0 Å². The molecule has 0 aromatic carbocycles. The fourth-order valence-electron chi connectivity index (χ4n) is 2.62. The third kappa shape index (κ3) is 3.24. The van der Waals surface area contributed by atoms with Gasteiger partial charge in [-0.1, -0.05) is 13.3 Å². The Morgan fingerprint density at radius 2 is 1.90 bits per heavy atom. The van der Waals surface area contributed by atoms with Gasteiger partial charge in [-0.2, -0.15) is 4.31 Å². The highest BCUT2D eigenvalue weighted by Gasteiger charge is 2.27. The molecule has 6 heteroatoms. The lowest BCUT2D eigenvalue weighted by molar-refractivity contribution is 0.346. The molecule has 1 aromatic rings. The number of hydrogen-bond acceptors (Lipinski definition) is 3. The van der Waals surface area contributed by atoms with E-state index in [1.54, 1.807) is 10.5 Å². The molecule has 1 fully saturated rings. The molecule has 20 heavy (non-hydrogen) atoms. The number of piperidine rings is 1. The molecule has 2 rings (SSSR count). The van der Waals surface area contributed by atoms with E-state index in [1.807, 2.05) is 24.5 Å². The van der Waals surface area contributed by atoms with E-state index in [1.165, 1.54) is 0 Å². The summed E-state index contributed by atoms with van der Waals surface area (Å²) in [5, 5.41) is 3.25. The van der Waals surface area contributed by atoms with Crippen LogP contribution in [0, 0.1) is 0 Å². The predicted octanol–water partition coefficient (Wildman–Crippen LogP) is 1.79. The van der Waals surface area contributed by atoms with E-state index in [-0.39, 0.29) is 0 Å². The smallest absolute Gasteiger partial charge is 0.244 e. The topological polar surface area (TPSA) is 54.3 Å². The number of nitrogens with zero attached hydrogens (tertiary/aromatic N) is 2. The van der Waals surface area contributed by atoms with Crippen LogP contribution in [-0.2, 0) is 23.1 Å². The van der Waals surface area contributed by atoms with E-state index in [0.29, 0.717) is 24.5 Å². The standard InChI is InChI=1S/C14H25N3O2S/c1-3-15-11-13-10-14(12-16(13)4-2)20(18,19)17-8-6-5-7-9-17/h10,12,15H,3-9,11H2,1-2H3. The monoisotopic (exact) mass is 299 g/mol. The zero-order valence-electron chi connectivity index (χ0n) is 12.4. The van der Waals surface area contributed by atoms with Crippen LogP contribution < -0.4 is 5.32 Å². The molecule has 1 saturated heterocycles. The minimum atomic E-state index is -3.31. The normalized spacial score (nSPS) is 17.5. The van der Waals surface area contributed by atoms with Gasteiger partial charge in [-0.05, 0) is 32.4 Å². The van der Waals surface area contributed by atoms with Gasteiger partial charge in [0.1, 0.15) is 4.90 Å². The Labute approximate surface area is 122 Å². The van der Waals surface area contributed by atoms with Crippen LogP contribution in [0.15, 0.2) is 17.2 Å². The van der Waals surface area contributed by atoms with Crippen LogP contribution in [0.1, 0.15) is 38.8 Å². The van der Waals surface area contributed by atoms with Crippen LogP contribution in [0.5, 0.6) is 0 Å². The fraction of sp³-hybridized carbons (Fsp3) is 0.714. The van der Waals surface area contributed by atoms with Crippen molar-refractivity contribution in [2.45, 2.75) is 51.1 Å². The van der Waals surface area contributed by atoms with Crippen molar-refractivity contribution in [1.82, 2.24) is 14.2 Å². The minimum absolute atomic E-state index is 0.439. The first-order valence-corrected chi connectivity index (χ1v) is 8.93. The second-order valence-corrected chi connectivity index (χ2v) is 7.14. The maximum absolute atomic E-state index is 12.6. The van der Waals surface area contributed by atoms with Gasteiger partial charge in [0.2, 0.25) is 10.0 Å². The lowest BCUT2D eigenvalue weighted by Crippen LogP contribution is -2.35. The molecular formula is C14H25N3O2S. The highest BCUT2D eigenvalue weighted by atomic mass is 32.2. The molecule has 0 unspecified atom stereocenters. The fourth-order valence-corrected chi connectivity index (χ4v) is 4.20. The van der Waals surface area contributed by atoms with Gasteiger partial charge in [0.15, 0.2) is 0 Å². The van der Waals surface area contributed by atoms with Crippen molar-refractivity contribution < 1.29 is 8.42 Å². The maximum Gasteiger partial charge on any atom is 0.244 e. The lowest BCUT2D eigenvalue weighted by atomic mass is 10.2. The summed E-state index contributed by atoms with van der Waals surface area (Å²) in [6.45, 7) is 7.76. The molecule has 0 radical (unpaired) electrons. The van der Waals surface area contributed by atoms with Gasteiger partial charge < -0.3 is 9.88 Å². The third-order valence-corrected chi connectivity index (χ3v) is 5.67. The molecule has 1 aliphatic rings. The molecule has 0 amide bonds. The van der Waals surface area contributed by atoms with Gasteiger partial charge in [0.25, 0.3) is 0 Å². The average molecular weight is 299 g/mol. The van der Waals surface area contributed by atoms with Gasteiger partial charge >= 0.3 is 0 Å². The molecule has 114 valence electrons. The number of hydrogen-bond donors (Lipinski definition) is 1. The molecule has 1 aliphatic heterocycles. The Kier molecular flexibility index (Phi) is 5.23. The maximum atomic E-state index is 12.6. The van der Waals surface area contributed by atoms with Gasteiger partial charge in [-0.3, -0.25) is 0 Å².